The number of carbonyl (C=O) groups is 4. The minimum absolute atomic E-state index is 0.0382. The van der Waals surface area contributed by atoms with Gasteiger partial charge in [0.25, 0.3) is 11.8 Å². The zero-order valence-electron chi connectivity index (χ0n) is 25.4. The second kappa shape index (κ2) is 12.4. The average Bonchev–Trinajstić information content (AvgIpc) is 3.29. The van der Waals surface area contributed by atoms with E-state index in [1.807, 2.05) is 27.7 Å². The zero-order chi connectivity index (χ0) is 30.7. The summed E-state index contributed by atoms with van der Waals surface area (Å²) in [5, 5.41) is 5.68. The molecule has 2 atom stereocenters. The van der Waals surface area contributed by atoms with Crippen LogP contribution in [0.3, 0.4) is 0 Å². The number of hydrogen-bond donors (Lipinski definition) is 2. The number of hydrogen-bond acceptors (Lipinski definition) is 6. The predicted molar refractivity (Wildman–Crippen MR) is 158 cm³/mol. The van der Waals surface area contributed by atoms with Crippen LogP contribution in [0, 0.1) is 0 Å². The van der Waals surface area contributed by atoms with Crippen molar-refractivity contribution in [2.24, 2.45) is 0 Å². The Morgan fingerprint density at radius 3 is 1.24 bits per heavy atom. The fraction of sp³-hybridized carbons (Fsp3) is 0.500. The number of rotatable bonds is 13. The molecular weight excluding hydrogens is 536 g/mol. The number of carbonyl (C=O) groups excluding carboxylic acids is 4. The van der Waals surface area contributed by atoms with Gasteiger partial charge in [-0.3, -0.25) is 19.4 Å². The van der Waals surface area contributed by atoms with E-state index in [2.05, 4.69) is 10.6 Å². The van der Waals surface area contributed by atoms with Crippen LogP contribution in [-0.4, -0.2) is 59.0 Å². The van der Waals surface area contributed by atoms with Crippen LogP contribution in [0.25, 0.3) is 0 Å². The Hall–Kier alpha value is -4.08. The zero-order valence-corrected chi connectivity index (χ0v) is 25.4. The third-order valence-electron chi connectivity index (χ3n) is 7.67. The number of ether oxygens (including phenoxy) is 2. The summed E-state index contributed by atoms with van der Waals surface area (Å²) in [4.78, 5) is 54.3. The molecule has 0 radical (unpaired) electrons. The summed E-state index contributed by atoms with van der Waals surface area (Å²) in [6.07, 6.45) is 2.81. The van der Waals surface area contributed by atoms with Gasteiger partial charge >= 0.3 is 12.1 Å². The predicted octanol–water partition coefficient (Wildman–Crippen LogP) is 5.06. The van der Waals surface area contributed by atoms with Gasteiger partial charge < -0.3 is 20.1 Å². The lowest BCUT2D eigenvalue weighted by Gasteiger charge is -2.23. The molecule has 2 aliphatic rings. The molecule has 2 N–H and O–H groups in total. The second-order valence-electron chi connectivity index (χ2n) is 11.8. The van der Waals surface area contributed by atoms with Crippen LogP contribution in [0.15, 0.2) is 48.5 Å². The van der Waals surface area contributed by atoms with Crippen molar-refractivity contribution < 1.29 is 28.7 Å². The summed E-state index contributed by atoms with van der Waals surface area (Å²) in [5.41, 5.74) is -0.879. The van der Waals surface area contributed by atoms with Crippen molar-refractivity contribution in [3.05, 3.63) is 59.7 Å². The van der Waals surface area contributed by atoms with Crippen LogP contribution in [-0.2, 0) is 20.7 Å². The smallest absolute Gasteiger partial charge is 0.325 e. The van der Waals surface area contributed by atoms with Crippen molar-refractivity contribution >= 4 is 23.9 Å². The van der Waals surface area contributed by atoms with Crippen LogP contribution in [0.1, 0.15) is 78.4 Å². The molecule has 2 fully saturated rings. The molecule has 2 aromatic rings. The molecule has 2 heterocycles. The van der Waals surface area contributed by atoms with E-state index in [9.17, 15) is 19.2 Å². The molecule has 2 saturated heterocycles. The van der Waals surface area contributed by atoms with Crippen LogP contribution in [0.5, 0.6) is 11.5 Å². The minimum atomic E-state index is -1.13. The van der Waals surface area contributed by atoms with Crippen molar-refractivity contribution in [3.8, 4) is 11.5 Å². The number of nitrogens with one attached hydrogen (secondary N) is 2. The minimum Gasteiger partial charge on any atom is -0.491 e. The first kappa shape index (κ1) is 30.9. The van der Waals surface area contributed by atoms with Gasteiger partial charge in [0.2, 0.25) is 0 Å². The fourth-order valence-corrected chi connectivity index (χ4v) is 5.36. The molecule has 0 bridgehead atoms. The Labute approximate surface area is 247 Å². The molecule has 2 aliphatic heterocycles. The van der Waals surface area contributed by atoms with E-state index in [0.717, 1.165) is 12.8 Å². The first-order valence-corrected chi connectivity index (χ1v) is 14.7. The first-order chi connectivity index (χ1) is 19.8. The molecule has 0 saturated carbocycles. The molecule has 2 aromatic carbocycles. The Bertz CT molecular complexity index is 1210. The number of unbranched alkanes of at least 4 members (excludes halogenated alkanes) is 3. The Kier molecular flexibility index (Phi) is 9.13. The molecule has 226 valence electrons. The highest BCUT2D eigenvalue weighted by molar-refractivity contribution is 6.07. The normalized spacial score (nSPS) is 22.3. The van der Waals surface area contributed by atoms with Crippen LogP contribution < -0.4 is 20.1 Å². The topological polar surface area (TPSA) is 117 Å². The molecule has 42 heavy (non-hydrogen) atoms. The van der Waals surface area contributed by atoms with Crippen molar-refractivity contribution in [1.82, 2.24) is 20.4 Å². The first-order valence-electron chi connectivity index (χ1n) is 14.7. The second-order valence-corrected chi connectivity index (χ2v) is 11.8. The summed E-state index contributed by atoms with van der Waals surface area (Å²) in [5.74, 6) is 0.837. The molecule has 0 unspecified atom stereocenters. The molecular formula is C32H42N4O6. The van der Waals surface area contributed by atoms with Gasteiger partial charge in [0.1, 0.15) is 22.6 Å². The van der Waals surface area contributed by atoms with Crippen LogP contribution >= 0.6 is 0 Å². The van der Waals surface area contributed by atoms with Gasteiger partial charge in [-0.1, -0.05) is 37.1 Å². The lowest BCUT2D eigenvalue weighted by molar-refractivity contribution is -0.132. The van der Waals surface area contributed by atoms with E-state index in [4.69, 9.17) is 9.47 Å². The molecule has 0 spiro atoms. The largest absolute Gasteiger partial charge is 0.491 e. The number of benzene rings is 2. The highest BCUT2D eigenvalue weighted by Crippen LogP contribution is 2.32. The Morgan fingerprint density at radius 2 is 0.929 bits per heavy atom. The molecule has 10 heteroatoms. The van der Waals surface area contributed by atoms with E-state index in [-0.39, 0.29) is 24.0 Å². The molecule has 6 amide bonds. The van der Waals surface area contributed by atoms with Gasteiger partial charge in [-0.15, -0.1) is 0 Å². The SMILES string of the molecule is CC(C)Oc1ccc([C@@]2(C)NC(=O)N(CCCCCCN3C(=O)N[C@](C)(c4ccc(OC(C)C)cc4)C3=O)C2=O)cc1. The average molecular weight is 579 g/mol. The molecule has 10 nitrogen and oxygen atoms in total. The van der Waals surface area contributed by atoms with Crippen LogP contribution in [0.4, 0.5) is 9.59 Å². The van der Waals surface area contributed by atoms with E-state index in [1.165, 1.54) is 9.80 Å². The number of amides is 6. The third-order valence-corrected chi connectivity index (χ3v) is 7.67. The molecule has 0 aromatic heterocycles. The van der Waals surface area contributed by atoms with Gasteiger partial charge in [-0.25, -0.2) is 9.59 Å². The van der Waals surface area contributed by atoms with E-state index in [1.54, 1.807) is 62.4 Å². The van der Waals surface area contributed by atoms with Crippen molar-refractivity contribution in [2.75, 3.05) is 13.1 Å². The van der Waals surface area contributed by atoms with E-state index >= 15 is 0 Å². The summed E-state index contributed by atoms with van der Waals surface area (Å²) in [7, 11) is 0. The van der Waals surface area contributed by atoms with Gasteiger partial charge in [-0.2, -0.15) is 0 Å². The number of imide groups is 2. The summed E-state index contributed by atoms with van der Waals surface area (Å²) < 4.78 is 11.4. The lowest BCUT2D eigenvalue weighted by atomic mass is 9.92. The summed E-state index contributed by atoms with van der Waals surface area (Å²) in [6.45, 7) is 11.8. The van der Waals surface area contributed by atoms with Gasteiger partial charge in [0.15, 0.2) is 0 Å². The monoisotopic (exact) mass is 578 g/mol. The standard InChI is InChI=1S/C32H42N4O6/c1-21(2)41-25-15-11-23(12-16-25)31(5)27(37)35(29(39)33-31)19-9-7-8-10-20-36-28(38)32(6,34-30(36)40)24-13-17-26(18-14-24)42-22(3)4/h11-18,21-22H,7-10,19-20H2,1-6H3,(H,33,39)(H,34,40)/t31-,32-/m1/s1. The van der Waals surface area contributed by atoms with Crippen molar-refractivity contribution in [1.29, 1.82) is 0 Å². The van der Waals surface area contributed by atoms with Gasteiger partial charge in [0, 0.05) is 13.1 Å². The molecule has 0 aliphatic carbocycles. The van der Waals surface area contributed by atoms with Crippen molar-refractivity contribution in [3.63, 3.8) is 0 Å². The fourth-order valence-electron chi connectivity index (χ4n) is 5.36. The van der Waals surface area contributed by atoms with Crippen molar-refractivity contribution in [2.45, 2.75) is 90.5 Å². The quantitative estimate of drug-likeness (QED) is 0.254. The highest BCUT2D eigenvalue weighted by atomic mass is 16.5. The van der Waals surface area contributed by atoms with Crippen LogP contribution in [0.2, 0.25) is 0 Å². The maximum Gasteiger partial charge on any atom is 0.325 e. The number of urea groups is 2. The number of nitrogens with zero attached hydrogens (tertiary/aromatic N) is 2. The lowest BCUT2D eigenvalue weighted by Crippen LogP contribution is -2.41. The Balaban J connectivity index is 1.24. The van der Waals surface area contributed by atoms with E-state index in [0.29, 0.717) is 48.6 Å². The maximum atomic E-state index is 13.2. The van der Waals surface area contributed by atoms with Gasteiger partial charge in [-0.05, 0) is 89.8 Å². The highest BCUT2D eigenvalue weighted by Gasteiger charge is 2.49. The molecule has 4 rings (SSSR count). The summed E-state index contributed by atoms with van der Waals surface area (Å²) in [6, 6.07) is 13.6. The summed E-state index contributed by atoms with van der Waals surface area (Å²) >= 11 is 0. The Morgan fingerprint density at radius 1 is 0.595 bits per heavy atom. The van der Waals surface area contributed by atoms with Gasteiger partial charge in [0.05, 0.1) is 12.2 Å². The van der Waals surface area contributed by atoms with E-state index < -0.39 is 23.1 Å². The maximum absolute atomic E-state index is 13.2. The third kappa shape index (κ3) is 6.37.